The lowest BCUT2D eigenvalue weighted by molar-refractivity contribution is 0.260. The summed E-state index contributed by atoms with van der Waals surface area (Å²) in [6, 6.07) is 4.83. The van der Waals surface area contributed by atoms with Crippen LogP contribution in [0.3, 0.4) is 0 Å². The Kier molecular flexibility index (Phi) is 2.75. The maximum absolute atomic E-state index is 13.6. The van der Waals surface area contributed by atoms with Crippen molar-refractivity contribution in [3.8, 4) is 0 Å². The third kappa shape index (κ3) is 1.64. The molecule has 1 aromatic rings. The predicted molar refractivity (Wildman–Crippen MR) is 55.7 cm³/mol. The Balaban J connectivity index is 2.26. The monoisotopic (exact) mass is 213 g/mol. The van der Waals surface area contributed by atoms with Crippen molar-refractivity contribution < 1.29 is 4.39 Å². The van der Waals surface area contributed by atoms with E-state index in [4.69, 9.17) is 17.3 Å². The Labute approximate surface area is 88.1 Å². The molecule has 0 saturated heterocycles. The average Bonchev–Trinajstić information content (AvgIpc) is 2.06. The first kappa shape index (κ1) is 9.94. The van der Waals surface area contributed by atoms with Gasteiger partial charge in [0.2, 0.25) is 0 Å². The smallest absolute Gasteiger partial charge is 0.146 e. The quantitative estimate of drug-likeness (QED) is 0.802. The van der Waals surface area contributed by atoms with Gasteiger partial charge >= 0.3 is 0 Å². The molecule has 0 spiro atoms. The Morgan fingerprint density at radius 3 is 2.71 bits per heavy atom. The van der Waals surface area contributed by atoms with Gasteiger partial charge in [-0.25, -0.2) is 4.39 Å². The van der Waals surface area contributed by atoms with Crippen molar-refractivity contribution in [1.82, 2.24) is 0 Å². The molecule has 2 rings (SSSR count). The van der Waals surface area contributed by atoms with Crippen molar-refractivity contribution in [3.63, 3.8) is 0 Å². The number of rotatable bonds is 2. The first-order chi connectivity index (χ1) is 6.70. The van der Waals surface area contributed by atoms with Crippen molar-refractivity contribution in [2.24, 2.45) is 11.7 Å². The second-order valence-electron chi connectivity index (χ2n) is 3.86. The third-order valence-corrected chi connectivity index (χ3v) is 3.29. The molecule has 0 radical (unpaired) electrons. The molecule has 1 aromatic carbocycles. The molecule has 2 N–H and O–H groups in total. The summed E-state index contributed by atoms with van der Waals surface area (Å²) in [5.74, 6) is 0.0801. The van der Waals surface area contributed by atoms with Gasteiger partial charge in [-0.1, -0.05) is 30.2 Å². The number of nitrogens with two attached hydrogens (primary N) is 1. The van der Waals surface area contributed by atoms with Gasteiger partial charge in [-0.3, -0.25) is 0 Å². The molecule has 0 amide bonds. The molecule has 1 saturated carbocycles. The highest BCUT2D eigenvalue weighted by Gasteiger charge is 2.27. The van der Waals surface area contributed by atoms with Crippen LogP contribution < -0.4 is 5.73 Å². The summed E-state index contributed by atoms with van der Waals surface area (Å²) in [7, 11) is 0. The summed E-state index contributed by atoms with van der Waals surface area (Å²) in [4.78, 5) is 0. The van der Waals surface area contributed by atoms with E-state index in [1.54, 1.807) is 18.2 Å². The Morgan fingerprint density at radius 1 is 1.43 bits per heavy atom. The highest BCUT2D eigenvalue weighted by Crippen LogP contribution is 2.37. The molecule has 0 heterocycles. The molecule has 1 atom stereocenters. The lowest BCUT2D eigenvalue weighted by atomic mass is 9.77. The van der Waals surface area contributed by atoms with Crippen LogP contribution in [0.5, 0.6) is 0 Å². The Bertz CT molecular complexity index is 336. The van der Waals surface area contributed by atoms with Crippen LogP contribution in [-0.2, 0) is 0 Å². The number of hydrogen-bond acceptors (Lipinski definition) is 1. The minimum absolute atomic E-state index is 0.164. The molecule has 0 aromatic heterocycles. The highest BCUT2D eigenvalue weighted by molar-refractivity contribution is 6.30. The molecule has 1 aliphatic rings. The van der Waals surface area contributed by atoms with Crippen LogP contribution in [0.15, 0.2) is 18.2 Å². The van der Waals surface area contributed by atoms with Crippen LogP contribution >= 0.6 is 11.6 Å². The van der Waals surface area contributed by atoms with E-state index in [2.05, 4.69) is 0 Å². The van der Waals surface area contributed by atoms with Crippen molar-refractivity contribution in [2.45, 2.75) is 25.3 Å². The summed E-state index contributed by atoms with van der Waals surface area (Å²) in [5.41, 5.74) is 6.53. The van der Waals surface area contributed by atoms with E-state index in [9.17, 15) is 4.39 Å². The molecular weight excluding hydrogens is 201 g/mol. The van der Waals surface area contributed by atoms with Crippen LogP contribution in [0.4, 0.5) is 4.39 Å². The van der Waals surface area contributed by atoms with Gasteiger partial charge in [0.05, 0.1) is 5.02 Å². The second kappa shape index (κ2) is 3.87. The zero-order valence-corrected chi connectivity index (χ0v) is 8.60. The highest BCUT2D eigenvalue weighted by atomic mass is 35.5. The molecule has 0 aliphatic heterocycles. The van der Waals surface area contributed by atoms with E-state index >= 15 is 0 Å². The average molecular weight is 214 g/mol. The van der Waals surface area contributed by atoms with Crippen LogP contribution in [-0.4, -0.2) is 0 Å². The topological polar surface area (TPSA) is 26.0 Å². The fourth-order valence-corrected chi connectivity index (χ4v) is 2.01. The Morgan fingerprint density at radius 2 is 2.14 bits per heavy atom. The zero-order chi connectivity index (χ0) is 10.1. The van der Waals surface area contributed by atoms with Gasteiger partial charge in [-0.15, -0.1) is 0 Å². The van der Waals surface area contributed by atoms with Crippen LogP contribution in [0.1, 0.15) is 30.9 Å². The van der Waals surface area contributed by atoms with Gasteiger partial charge in [-0.2, -0.15) is 0 Å². The Hall–Kier alpha value is -0.600. The predicted octanol–water partition coefficient (Wildman–Crippen LogP) is 3.28. The molecule has 1 aliphatic carbocycles. The maximum Gasteiger partial charge on any atom is 0.146 e. The van der Waals surface area contributed by atoms with Gasteiger partial charge < -0.3 is 5.73 Å². The van der Waals surface area contributed by atoms with Crippen molar-refractivity contribution in [2.75, 3.05) is 0 Å². The molecule has 14 heavy (non-hydrogen) atoms. The van der Waals surface area contributed by atoms with E-state index in [-0.39, 0.29) is 16.9 Å². The minimum Gasteiger partial charge on any atom is -0.324 e. The normalized spacial score (nSPS) is 19.1. The van der Waals surface area contributed by atoms with Gasteiger partial charge in [0.15, 0.2) is 0 Å². The summed E-state index contributed by atoms with van der Waals surface area (Å²) in [6.07, 6.45) is 3.42. The van der Waals surface area contributed by atoms with Crippen molar-refractivity contribution in [3.05, 3.63) is 34.6 Å². The lowest BCUT2D eigenvalue weighted by Gasteiger charge is -2.31. The fraction of sp³-hybridized carbons (Fsp3) is 0.455. The standard InChI is InChI=1S/C11H13ClFN/c12-9-6-2-5-8(10(9)13)11(14)7-3-1-4-7/h2,5-7,11H,1,3-4,14H2. The third-order valence-electron chi connectivity index (χ3n) is 3.00. The number of halogens is 2. The molecule has 0 bridgehead atoms. The zero-order valence-electron chi connectivity index (χ0n) is 7.84. The van der Waals surface area contributed by atoms with Crippen molar-refractivity contribution >= 4 is 11.6 Å². The first-order valence-corrected chi connectivity index (χ1v) is 5.27. The SMILES string of the molecule is NC(c1cccc(Cl)c1F)C1CCC1. The fourth-order valence-electron chi connectivity index (χ4n) is 1.83. The van der Waals surface area contributed by atoms with E-state index in [0.717, 1.165) is 12.8 Å². The van der Waals surface area contributed by atoms with Crippen LogP contribution in [0, 0.1) is 11.7 Å². The molecule has 76 valence electrons. The summed E-state index contributed by atoms with van der Waals surface area (Å²) < 4.78 is 13.6. The minimum atomic E-state index is -0.353. The largest absolute Gasteiger partial charge is 0.324 e. The summed E-state index contributed by atoms with van der Waals surface area (Å²) >= 11 is 5.69. The molecule has 3 heteroatoms. The van der Waals surface area contributed by atoms with E-state index < -0.39 is 0 Å². The van der Waals surface area contributed by atoms with Gasteiger partial charge in [0, 0.05) is 11.6 Å². The van der Waals surface area contributed by atoms with E-state index in [0.29, 0.717) is 11.5 Å². The van der Waals surface area contributed by atoms with Crippen LogP contribution in [0.2, 0.25) is 5.02 Å². The molecule has 1 nitrogen and oxygen atoms in total. The first-order valence-electron chi connectivity index (χ1n) is 4.89. The lowest BCUT2D eigenvalue weighted by Crippen LogP contribution is -2.27. The van der Waals surface area contributed by atoms with E-state index in [1.807, 2.05) is 0 Å². The molecule has 1 fully saturated rings. The van der Waals surface area contributed by atoms with E-state index in [1.165, 1.54) is 6.42 Å². The summed E-state index contributed by atoms with van der Waals surface area (Å²) in [5, 5.41) is 0.164. The second-order valence-corrected chi connectivity index (χ2v) is 4.27. The maximum atomic E-state index is 13.6. The molecule has 1 unspecified atom stereocenters. The number of hydrogen-bond donors (Lipinski definition) is 1. The van der Waals surface area contributed by atoms with Gasteiger partial charge in [0.25, 0.3) is 0 Å². The molecular formula is C11H13ClFN. The summed E-state index contributed by atoms with van der Waals surface area (Å²) in [6.45, 7) is 0. The number of benzene rings is 1. The van der Waals surface area contributed by atoms with Crippen LogP contribution in [0.25, 0.3) is 0 Å². The van der Waals surface area contributed by atoms with Gasteiger partial charge in [-0.05, 0) is 24.8 Å². The van der Waals surface area contributed by atoms with Gasteiger partial charge in [0.1, 0.15) is 5.82 Å². The van der Waals surface area contributed by atoms with Crippen molar-refractivity contribution in [1.29, 1.82) is 0 Å².